The summed E-state index contributed by atoms with van der Waals surface area (Å²) in [6.07, 6.45) is 2.28. The SMILES string of the molecule is COc1ccc(CN(Cc2ccc(C(=O)NC(CCSC)C(=O)O)c(-c3ccccc3C)c2)c2ccccc2)cc1. The third-order valence-electron chi connectivity index (χ3n) is 7.01. The first-order chi connectivity index (χ1) is 19.9. The van der Waals surface area contributed by atoms with Gasteiger partial charge in [-0.25, -0.2) is 4.79 Å². The number of amides is 1. The van der Waals surface area contributed by atoms with E-state index in [0.29, 0.717) is 30.8 Å². The molecule has 0 saturated heterocycles. The van der Waals surface area contributed by atoms with Crippen molar-refractivity contribution in [3.63, 3.8) is 0 Å². The minimum absolute atomic E-state index is 0.359. The molecule has 0 aromatic heterocycles. The molecule has 0 spiro atoms. The van der Waals surface area contributed by atoms with Gasteiger partial charge in [0.25, 0.3) is 5.91 Å². The first-order valence-corrected chi connectivity index (χ1v) is 14.9. The number of carboxylic acids is 1. The molecule has 1 unspecified atom stereocenters. The Morgan fingerprint density at radius 1 is 0.878 bits per heavy atom. The van der Waals surface area contributed by atoms with Crippen molar-refractivity contribution >= 4 is 29.3 Å². The van der Waals surface area contributed by atoms with Crippen LogP contribution >= 0.6 is 11.8 Å². The lowest BCUT2D eigenvalue weighted by Crippen LogP contribution is -2.41. The van der Waals surface area contributed by atoms with Gasteiger partial charge in [-0.15, -0.1) is 0 Å². The molecule has 0 radical (unpaired) electrons. The van der Waals surface area contributed by atoms with E-state index in [1.165, 1.54) is 0 Å². The standard InChI is InChI=1S/C34H36N2O4S/c1-24-9-7-8-12-29(24)31-21-26(15-18-30(31)33(37)35-32(34(38)39)19-20-41-3)23-36(27-10-5-4-6-11-27)22-25-13-16-28(40-2)17-14-25/h4-18,21,32H,19-20,22-23H2,1-3H3,(H,35,37)(H,38,39). The maximum absolute atomic E-state index is 13.5. The van der Waals surface area contributed by atoms with Gasteiger partial charge in [0, 0.05) is 24.3 Å². The highest BCUT2D eigenvalue weighted by molar-refractivity contribution is 7.98. The fourth-order valence-electron chi connectivity index (χ4n) is 4.76. The summed E-state index contributed by atoms with van der Waals surface area (Å²) < 4.78 is 5.33. The third-order valence-corrected chi connectivity index (χ3v) is 7.65. The molecule has 0 fully saturated rings. The van der Waals surface area contributed by atoms with Gasteiger partial charge in [-0.2, -0.15) is 11.8 Å². The Morgan fingerprint density at radius 3 is 2.20 bits per heavy atom. The average Bonchev–Trinajstić information content (AvgIpc) is 2.99. The molecular formula is C34H36N2O4S. The number of aryl methyl sites for hydroxylation is 1. The Balaban J connectivity index is 1.69. The molecule has 7 heteroatoms. The van der Waals surface area contributed by atoms with E-state index in [9.17, 15) is 14.7 Å². The topological polar surface area (TPSA) is 78.9 Å². The number of aliphatic carboxylic acids is 1. The number of thioether (sulfide) groups is 1. The highest BCUT2D eigenvalue weighted by Crippen LogP contribution is 2.30. The number of hydrogen-bond acceptors (Lipinski definition) is 5. The smallest absolute Gasteiger partial charge is 0.326 e. The molecule has 0 aliphatic carbocycles. The molecule has 4 aromatic rings. The average molecular weight is 569 g/mol. The van der Waals surface area contributed by atoms with Gasteiger partial charge in [-0.1, -0.05) is 60.7 Å². The van der Waals surface area contributed by atoms with Crippen LogP contribution in [0.1, 0.15) is 33.5 Å². The van der Waals surface area contributed by atoms with Crippen LogP contribution in [0.15, 0.2) is 97.1 Å². The Kier molecular flexibility index (Phi) is 10.5. The number of benzene rings is 4. The summed E-state index contributed by atoms with van der Waals surface area (Å²) >= 11 is 1.55. The van der Waals surface area contributed by atoms with Gasteiger partial charge in [0.15, 0.2) is 0 Å². The quantitative estimate of drug-likeness (QED) is 0.184. The molecule has 0 aliphatic rings. The number of hydrogen-bond donors (Lipinski definition) is 2. The number of carboxylic acid groups (broad SMARTS) is 1. The van der Waals surface area contributed by atoms with Crippen molar-refractivity contribution in [3.8, 4) is 16.9 Å². The van der Waals surface area contributed by atoms with Gasteiger partial charge in [0.2, 0.25) is 0 Å². The normalized spacial score (nSPS) is 11.5. The number of anilines is 1. The Morgan fingerprint density at radius 2 is 1.54 bits per heavy atom. The van der Waals surface area contributed by atoms with Gasteiger partial charge < -0.3 is 20.1 Å². The minimum atomic E-state index is -1.03. The lowest BCUT2D eigenvalue weighted by molar-refractivity contribution is -0.139. The molecule has 2 N–H and O–H groups in total. The molecule has 6 nitrogen and oxygen atoms in total. The highest BCUT2D eigenvalue weighted by atomic mass is 32.2. The van der Waals surface area contributed by atoms with Crippen molar-refractivity contribution < 1.29 is 19.4 Å². The number of carbonyl (C=O) groups excluding carboxylic acids is 1. The molecule has 1 atom stereocenters. The number of para-hydroxylation sites is 1. The predicted molar refractivity (Wildman–Crippen MR) is 168 cm³/mol. The van der Waals surface area contributed by atoms with Crippen molar-refractivity contribution in [2.24, 2.45) is 0 Å². The zero-order chi connectivity index (χ0) is 29.2. The Bertz CT molecular complexity index is 1460. The van der Waals surface area contributed by atoms with Crippen LogP contribution < -0.4 is 15.0 Å². The van der Waals surface area contributed by atoms with Crippen molar-refractivity contribution in [3.05, 3.63) is 119 Å². The molecule has 4 aromatic carbocycles. The summed E-state index contributed by atoms with van der Waals surface area (Å²) in [4.78, 5) is 27.6. The van der Waals surface area contributed by atoms with Gasteiger partial charge >= 0.3 is 5.97 Å². The third kappa shape index (κ3) is 7.92. The van der Waals surface area contributed by atoms with Crippen LogP contribution in [0.2, 0.25) is 0 Å². The lowest BCUT2D eigenvalue weighted by atomic mass is 9.93. The van der Waals surface area contributed by atoms with Gasteiger partial charge in [-0.05, 0) is 89.6 Å². The molecule has 0 heterocycles. The molecule has 0 saturated carbocycles. The number of ether oxygens (including phenoxy) is 1. The summed E-state index contributed by atoms with van der Waals surface area (Å²) in [6.45, 7) is 3.32. The van der Waals surface area contributed by atoms with E-state index in [1.54, 1.807) is 18.9 Å². The second-order valence-corrected chi connectivity index (χ2v) is 10.9. The summed E-state index contributed by atoms with van der Waals surface area (Å²) in [5, 5.41) is 12.4. The van der Waals surface area contributed by atoms with Crippen LogP contribution in [0, 0.1) is 6.92 Å². The fourth-order valence-corrected chi connectivity index (χ4v) is 5.24. The number of methoxy groups -OCH3 is 1. The molecular weight excluding hydrogens is 532 g/mol. The molecule has 1 amide bonds. The largest absolute Gasteiger partial charge is 0.497 e. The van der Waals surface area contributed by atoms with Crippen molar-refractivity contribution in [2.75, 3.05) is 24.0 Å². The maximum Gasteiger partial charge on any atom is 0.326 e. The first-order valence-electron chi connectivity index (χ1n) is 13.5. The van der Waals surface area contributed by atoms with Crippen molar-refractivity contribution in [1.29, 1.82) is 0 Å². The number of carbonyl (C=O) groups is 2. The molecule has 0 bridgehead atoms. The second-order valence-electron chi connectivity index (χ2n) is 9.88. The molecule has 0 aliphatic heterocycles. The van der Waals surface area contributed by atoms with Crippen LogP contribution in [0.3, 0.4) is 0 Å². The van der Waals surface area contributed by atoms with E-state index < -0.39 is 12.0 Å². The molecule has 41 heavy (non-hydrogen) atoms. The van der Waals surface area contributed by atoms with Crippen molar-refractivity contribution in [2.45, 2.75) is 32.5 Å². The van der Waals surface area contributed by atoms with E-state index in [4.69, 9.17) is 4.74 Å². The number of nitrogens with zero attached hydrogens (tertiary/aromatic N) is 1. The van der Waals surface area contributed by atoms with E-state index in [0.717, 1.165) is 39.3 Å². The van der Waals surface area contributed by atoms with Gasteiger partial charge in [0.05, 0.1) is 7.11 Å². The second kappa shape index (κ2) is 14.4. The predicted octanol–water partition coefficient (Wildman–Crippen LogP) is 6.81. The van der Waals surface area contributed by atoms with E-state index in [1.807, 2.05) is 79.9 Å². The van der Waals surface area contributed by atoms with Crippen LogP contribution in [-0.2, 0) is 17.9 Å². The first kappa shape index (κ1) is 29.7. The number of rotatable bonds is 13. The van der Waals surface area contributed by atoms with E-state index in [2.05, 4.69) is 40.5 Å². The van der Waals surface area contributed by atoms with Crippen LogP contribution in [0.4, 0.5) is 5.69 Å². The Hall–Kier alpha value is -4.23. The summed E-state index contributed by atoms with van der Waals surface area (Å²) in [6, 6.07) is 31.1. The number of nitrogens with one attached hydrogen (secondary N) is 1. The zero-order valence-corrected chi connectivity index (χ0v) is 24.5. The lowest BCUT2D eigenvalue weighted by Gasteiger charge is -2.26. The molecule has 212 valence electrons. The Labute approximate surface area is 246 Å². The summed E-state index contributed by atoms with van der Waals surface area (Å²) in [7, 11) is 1.66. The van der Waals surface area contributed by atoms with Gasteiger partial charge in [0.1, 0.15) is 11.8 Å². The zero-order valence-electron chi connectivity index (χ0n) is 23.7. The summed E-state index contributed by atoms with van der Waals surface area (Å²) in [5.74, 6) is 0.0416. The maximum atomic E-state index is 13.5. The van der Waals surface area contributed by atoms with E-state index >= 15 is 0 Å². The monoisotopic (exact) mass is 568 g/mol. The van der Waals surface area contributed by atoms with Crippen molar-refractivity contribution in [1.82, 2.24) is 5.32 Å². The highest BCUT2D eigenvalue weighted by Gasteiger charge is 2.23. The summed E-state index contributed by atoms with van der Waals surface area (Å²) in [5.41, 5.74) is 6.49. The fraction of sp³-hybridized carbons (Fsp3) is 0.235. The van der Waals surface area contributed by atoms with E-state index in [-0.39, 0.29) is 5.91 Å². The molecule has 4 rings (SSSR count). The van der Waals surface area contributed by atoms with Crippen LogP contribution in [0.25, 0.3) is 11.1 Å². The van der Waals surface area contributed by atoms with Crippen LogP contribution in [0.5, 0.6) is 5.75 Å². The van der Waals surface area contributed by atoms with Crippen LogP contribution in [-0.4, -0.2) is 42.1 Å². The van der Waals surface area contributed by atoms with Gasteiger partial charge in [-0.3, -0.25) is 4.79 Å². The minimum Gasteiger partial charge on any atom is -0.497 e.